The van der Waals surface area contributed by atoms with Crippen LogP contribution >= 0.6 is 0 Å². The van der Waals surface area contributed by atoms with E-state index in [1.807, 2.05) is 18.2 Å². The van der Waals surface area contributed by atoms with Crippen molar-refractivity contribution in [2.45, 2.75) is 6.42 Å². The van der Waals surface area contributed by atoms with Gasteiger partial charge < -0.3 is 5.32 Å². The highest BCUT2D eigenvalue weighted by atomic mass is 16.1. The van der Waals surface area contributed by atoms with E-state index < -0.39 is 0 Å². The van der Waals surface area contributed by atoms with Gasteiger partial charge in [-0.15, -0.1) is 0 Å². The monoisotopic (exact) mass is 173 g/mol. The van der Waals surface area contributed by atoms with Gasteiger partial charge in [-0.1, -0.05) is 24.8 Å². The molecule has 0 aliphatic carbocycles. The molecule has 2 nitrogen and oxygen atoms in total. The van der Waals surface area contributed by atoms with E-state index in [0.29, 0.717) is 0 Å². The minimum atomic E-state index is 0.0388. The van der Waals surface area contributed by atoms with Crippen molar-refractivity contribution >= 4 is 12.0 Å². The van der Waals surface area contributed by atoms with Crippen LogP contribution in [0.4, 0.5) is 0 Å². The Morgan fingerprint density at radius 2 is 2.31 bits per heavy atom. The van der Waals surface area contributed by atoms with Crippen molar-refractivity contribution in [2.75, 3.05) is 6.54 Å². The van der Waals surface area contributed by atoms with Gasteiger partial charge in [-0.2, -0.15) is 0 Å². The second-order valence-corrected chi connectivity index (χ2v) is 3.13. The molecule has 66 valence electrons. The SMILES string of the molecule is C=Cc1ccc2c(c1)CCNC2=O. The third-order valence-electron chi connectivity index (χ3n) is 2.29. The molecule has 1 N–H and O–H groups in total. The summed E-state index contributed by atoms with van der Waals surface area (Å²) in [5, 5.41) is 2.81. The summed E-state index contributed by atoms with van der Waals surface area (Å²) in [5.74, 6) is 0.0388. The quantitative estimate of drug-likeness (QED) is 0.687. The van der Waals surface area contributed by atoms with Gasteiger partial charge in [0.25, 0.3) is 5.91 Å². The van der Waals surface area contributed by atoms with Crippen LogP contribution in [0.15, 0.2) is 24.8 Å². The molecule has 0 saturated heterocycles. The summed E-state index contributed by atoms with van der Waals surface area (Å²) in [6, 6.07) is 5.80. The maximum atomic E-state index is 11.3. The minimum absolute atomic E-state index is 0.0388. The molecule has 0 fully saturated rings. The third-order valence-corrected chi connectivity index (χ3v) is 2.29. The molecular formula is C11H11NO. The van der Waals surface area contributed by atoms with Crippen LogP contribution in [0.25, 0.3) is 6.08 Å². The van der Waals surface area contributed by atoms with E-state index in [9.17, 15) is 4.79 Å². The molecule has 13 heavy (non-hydrogen) atoms. The first-order valence-electron chi connectivity index (χ1n) is 4.35. The molecule has 0 unspecified atom stereocenters. The number of rotatable bonds is 1. The predicted molar refractivity (Wildman–Crippen MR) is 52.6 cm³/mol. The molecule has 0 bridgehead atoms. The van der Waals surface area contributed by atoms with Crippen LogP contribution < -0.4 is 5.32 Å². The molecule has 0 spiro atoms. The molecule has 2 rings (SSSR count). The fraction of sp³-hybridized carbons (Fsp3) is 0.182. The second kappa shape index (κ2) is 3.05. The Balaban J connectivity index is 2.51. The van der Waals surface area contributed by atoms with E-state index in [2.05, 4.69) is 11.9 Å². The van der Waals surface area contributed by atoms with Crippen molar-refractivity contribution < 1.29 is 4.79 Å². The van der Waals surface area contributed by atoms with Gasteiger partial charge in [0.1, 0.15) is 0 Å². The molecule has 1 aromatic carbocycles. The van der Waals surface area contributed by atoms with Gasteiger partial charge in [0.15, 0.2) is 0 Å². The number of carbonyl (C=O) groups excluding carboxylic acids is 1. The van der Waals surface area contributed by atoms with Crippen LogP contribution in [-0.2, 0) is 6.42 Å². The first kappa shape index (κ1) is 8.05. The summed E-state index contributed by atoms with van der Waals surface area (Å²) in [4.78, 5) is 11.3. The summed E-state index contributed by atoms with van der Waals surface area (Å²) in [6.07, 6.45) is 2.72. The zero-order valence-corrected chi connectivity index (χ0v) is 7.34. The number of hydrogen-bond acceptors (Lipinski definition) is 1. The highest BCUT2D eigenvalue weighted by Gasteiger charge is 2.15. The molecule has 1 heterocycles. The summed E-state index contributed by atoms with van der Waals surface area (Å²) in [7, 11) is 0. The Hall–Kier alpha value is -1.57. The lowest BCUT2D eigenvalue weighted by molar-refractivity contribution is 0.0946. The van der Waals surface area contributed by atoms with Gasteiger partial charge >= 0.3 is 0 Å². The molecular weight excluding hydrogens is 162 g/mol. The second-order valence-electron chi connectivity index (χ2n) is 3.13. The predicted octanol–water partition coefficient (Wildman–Crippen LogP) is 1.62. The Morgan fingerprint density at radius 3 is 3.08 bits per heavy atom. The average Bonchev–Trinajstić information content (AvgIpc) is 2.18. The Kier molecular flexibility index (Phi) is 1.89. The summed E-state index contributed by atoms with van der Waals surface area (Å²) < 4.78 is 0. The maximum absolute atomic E-state index is 11.3. The topological polar surface area (TPSA) is 29.1 Å². The van der Waals surface area contributed by atoms with Gasteiger partial charge in [0.2, 0.25) is 0 Å². The number of benzene rings is 1. The van der Waals surface area contributed by atoms with Gasteiger partial charge in [-0.25, -0.2) is 0 Å². The highest BCUT2D eigenvalue weighted by molar-refractivity contribution is 5.96. The number of hydrogen-bond donors (Lipinski definition) is 1. The first-order valence-corrected chi connectivity index (χ1v) is 4.35. The van der Waals surface area contributed by atoms with E-state index in [-0.39, 0.29) is 5.91 Å². The van der Waals surface area contributed by atoms with Crippen LogP contribution in [0.5, 0.6) is 0 Å². The van der Waals surface area contributed by atoms with Crippen molar-refractivity contribution in [3.8, 4) is 0 Å². The zero-order valence-electron chi connectivity index (χ0n) is 7.34. The molecule has 0 radical (unpaired) electrons. The minimum Gasteiger partial charge on any atom is -0.352 e. The highest BCUT2D eigenvalue weighted by Crippen LogP contribution is 2.16. The fourth-order valence-corrected chi connectivity index (χ4v) is 1.57. The van der Waals surface area contributed by atoms with Crippen LogP contribution in [0, 0.1) is 0 Å². The summed E-state index contributed by atoms with van der Waals surface area (Å²) >= 11 is 0. The molecule has 1 aliphatic heterocycles. The van der Waals surface area contributed by atoms with E-state index >= 15 is 0 Å². The Bertz CT molecular complexity index is 368. The molecule has 1 amide bonds. The molecule has 0 aromatic heterocycles. The standard InChI is InChI=1S/C11H11NO/c1-2-8-3-4-10-9(7-8)5-6-12-11(10)13/h2-4,7H,1,5-6H2,(H,12,13). The number of amides is 1. The lowest BCUT2D eigenvalue weighted by atomic mass is 9.98. The smallest absolute Gasteiger partial charge is 0.251 e. The lowest BCUT2D eigenvalue weighted by Gasteiger charge is -2.16. The molecule has 0 saturated carbocycles. The van der Waals surface area contributed by atoms with E-state index in [1.165, 1.54) is 0 Å². The van der Waals surface area contributed by atoms with Crippen molar-refractivity contribution in [1.82, 2.24) is 5.32 Å². The van der Waals surface area contributed by atoms with E-state index in [4.69, 9.17) is 0 Å². The maximum Gasteiger partial charge on any atom is 0.251 e. The Labute approximate surface area is 77.3 Å². The average molecular weight is 173 g/mol. The van der Waals surface area contributed by atoms with Gasteiger partial charge in [0, 0.05) is 12.1 Å². The number of fused-ring (bicyclic) bond motifs is 1. The summed E-state index contributed by atoms with van der Waals surface area (Å²) in [6.45, 7) is 4.44. The lowest BCUT2D eigenvalue weighted by Crippen LogP contribution is -2.31. The summed E-state index contributed by atoms with van der Waals surface area (Å²) in [5.41, 5.74) is 3.01. The van der Waals surface area contributed by atoms with Crippen LogP contribution in [0.1, 0.15) is 21.5 Å². The van der Waals surface area contributed by atoms with E-state index in [1.54, 1.807) is 6.08 Å². The van der Waals surface area contributed by atoms with E-state index in [0.717, 1.165) is 29.7 Å². The van der Waals surface area contributed by atoms with Crippen molar-refractivity contribution in [1.29, 1.82) is 0 Å². The van der Waals surface area contributed by atoms with Gasteiger partial charge in [-0.3, -0.25) is 4.79 Å². The number of carbonyl (C=O) groups is 1. The van der Waals surface area contributed by atoms with Gasteiger partial charge in [-0.05, 0) is 23.6 Å². The van der Waals surface area contributed by atoms with Crippen molar-refractivity contribution in [3.63, 3.8) is 0 Å². The van der Waals surface area contributed by atoms with Crippen LogP contribution in [-0.4, -0.2) is 12.5 Å². The molecule has 2 heteroatoms. The van der Waals surface area contributed by atoms with Crippen molar-refractivity contribution in [2.24, 2.45) is 0 Å². The van der Waals surface area contributed by atoms with Crippen LogP contribution in [0.3, 0.4) is 0 Å². The van der Waals surface area contributed by atoms with Crippen molar-refractivity contribution in [3.05, 3.63) is 41.5 Å². The molecule has 1 aromatic rings. The normalized spacial score (nSPS) is 14.6. The largest absolute Gasteiger partial charge is 0.352 e. The van der Waals surface area contributed by atoms with Crippen LogP contribution in [0.2, 0.25) is 0 Å². The van der Waals surface area contributed by atoms with Gasteiger partial charge in [0.05, 0.1) is 0 Å². The molecule has 1 aliphatic rings. The third kappa shape index (κ3) is 1.35. The Morgan fingerprint density at radius 1 is 1.46 bits per heavy atom. The number of nitrogens with one attached hydrogen (secondary N) is 1. The zero-order chi connectivity index (χ0) is 9.26. The first-order chi connectivity index (χ1) is 6.31. The fourth-order valence-electron chi connectivity index (χ4n) is 1.57. The molecule has 0 atom stereocenters.